The summed E-state index contributed by atoms with van der Waals surface area (Å²) in [5.74, 6) is 0.346. The van der Waals surface area contributed by atoms with E-state index in [1.807, 2.05) is 6.08 Å². The predicted molar refractivity (Wildman–Crippen MR) is 144 cm³/mol. The molecule has 0 amide bonds. The van der Waals surface area contributed by atoms with Gasteiger partial charge in [0.1, 0.15) is 0 Å². The van der Waals surface area contributed by atoms with E-state index in [0.29, 0.717) is 24.7 Å². The third kappa shape index (κ3) is 5.95. The van der Waals surface area contributed by atoms with Gasteiger partial charge in [0.15, 0.2) is 0 Å². The number of carbonyl (C=O) groups excluding carboxylic acids is 1. The number of aliphatic hydroxyl groups is 3. The second-order valence-electron chi connectivity index (χ2n) is 12.2. The number of hydrogen-bond acceptors (Lipinski definition) is 5. The molecule has 0 spiro atoms. The molecule has 0 radical (unpaired) electrons. The molecule has 0 aliphatic heterocycles. The van der Waals surface area contributed by atoms with Crippen LogP contribution < -0.4 is 0 Å². The van der Waals surface area contributed by atoms with Gasteiger partial charge >= 0.3 is 5.97 Å². The first kappa shape index (κ1) is 28.6. The Morgan fingerprint density at radius 1 is 1.22 bits per heavy atom. The van der Waals surface area contributed by atoms with Crippen LogP contribution in [0.4, 0.5) is 0 Å². The van der Waals surface area contributed by atoms with Gasteiger partial charge in [-0.05, 0) is 94.6 Å². The summed E-state index contributed by atoms with van der Waals surface area (Å²) in [5, 5.41) is 31.0. The lowest BCUT2D eigenvalue weighted by molar-refractivity contribution is -0.162. The van der Waals surface area contributed by atoms with Gasteiger partial charge in [-0.15, -0.1) is 0 Å². The van der Waals surface area contributed by atoms with Gasteiger partial charge in [0, 0.05) is 6.42 Å². The maximum atomic E-state index is 12.4. The fourth-order valence-electron chi connectivity index (χ4n) is 6.37. The molecule has 3 N–H and O–H groups in total. The molecule has 0 bridgehead atoms. The zero-order valence-electron chi connectivity index (χ0n) is 22.8. The lowest BCUT2D eigenvalue weighted by Crippen LogP contribution is -2.38. The third-order valence-electron chi connectivity index (χ3n) is 8.78. The summed E-state index contributed by atoms with van der Waals surface area (Å²) in [7, 11) is 0. The molecular formula is C31H46O5. The van der Waals surface area contributed by atoms with E-state index in [9.17, 15) is 20.1 Å². The molecule has 0 aromatic heterocycles. The van der Waals surface area contributed by atoms with Gasteiger partial charge in [0.05, 0.1) is 29.8 Å². The van der Waals surface area contributed by atoms with Crippen LogP contribution in [0, 0.1) is 22.7 Å². The van der Waals surface area contributed by atoms with Crippen LogP contribution in [0.2, 0.25) is 0 Å². The fourth-order valence-corrected chi connectivity index (χ4v) is 6.37. The first-order chi connectivity index (χ1) is 16.8. The summed E-state index contributed by atoms with van der Waals surface area (Å²) < 4.78 is 5.33. The largest absolute Gasteiger partial charge is 0.462 e. The van der Waals surface area contributed by atoms with E-state index < -0.39 is 29.7 Å². The van der Waals surface area contributed by atoms with Crippen molar-refractivity contribution in [3.63, 3.8) is 0 Å². The average Bonchev–Trinajstić information content (AvgIpc) is 3.15. The number of esters is 1. The summed E-state index contributed by atoms with van der Waals surface area (Å²) in [6.45, 7) is 17.8. The van der Waals surface area contributed by atoms with Crippen LogP contribution in [0.15, 0.2) is 59.8 Å². The molecular weight excluding hydrogens is 452 g/mol. The van der Waals surface area contributed by atoms with Gasteiger partial charge in [-0.1, -0.05) is 55.5 Å². The van der Waals surface area contributed by atoms with Crippen molar-refractivity contribution in [3.05, 3.63) is 59.8 Å². The highest BCUT2D eigenvalue weighted by Gasteiger charge is 2.49. The van der Waals surface area contributed by atoms with E-state index in [1.165, 1.54) is 5.57 Å². The molecule has 200 valence electrons. The van der Waals surface area contributed by atoms with E-state index in [1.54, 1.807) is 33.8 Å². The van der Waals surface area contributed by atoms with E-state index in [-0.39, 0.29) is 11.5 Å². The van der Waals surface area contributed by atoms with E-state index >= 15 is 0 Å². The summed E-state index contributed by atoms with van der Waals surface area (Å²) in [6, 6.07) is 0. The number of hydrogen-bond donors (Lipinski definition) is 3. The van der Waals surface area contributed by atoms with Crippen molar-refractivity contribution in [1.29, 1.82) is 0 Å². The number of carbonyl (C=O) groups is 1. The first-order valence-electron chi connectivity index (χ1n) is 13.5. The quantitative estimate of drug-likeness (QED) is 0.315. The van der Waals surface area contributed by atoms with Gasteiger partial charge in [0.2, 0.25) is 0 Å². The first-order valence-corrected chi connectivity index (χ1v) is 13.5. The number of ether oxygens (including phenoxy) is 1. The monoisotopic (exact) mass is 498 g/mol. The Balaban J connectivity index is 1.73. The molecule has 5 heteroatoms. The van der Waals surface area contributed by atoms with Crippen molar-refractivity contribution < 1.29 is 24.9 Å². The molecule has 0 unspecified atom stereocenters. The zero-order chi connectivity index (χ0) is 26.8. The van der Waals surface area contributed by atoms with Gasteiger partial charge in [-0.25, -0.2) is 0 Å². The minimum absolute atomic E-state index is 0.0870. The van der Waals surface area contributed by atoms with Gasteiger partial charge in [-0.3, -0.25) is 4.79 Å². The van der Waals surface area contributed by atoms with Crippen LogP contribution in [0.1, 0.15) is 79.6 Å². The molecule has 0 aromatic rings. The van der Waals surface area contributed by atoms with Crippen LogP contribution >= 0.6 is 0 Å². The van der Waals surface area contributed by atoms with Gasteiger partial charge in [0.25, 0.3) is 0 Å². The molecule has 0 heterocycles. The molecule has 3 aliphatic carbocycles. The SMILES string of the molecule is C=C(/C=C/[C@H](O)C(C)(C)C(=O)OC(C)C)[C@H]1CC[C@H]2/C(=C/C=C3/C[C@@H](O)C[C@H](O)C3=C)CCC[C@]12C. The van der Waals surface area contributed by atoms with Gasteiger partial charge < -0.3 is 20.1 Å². The van der Waals surface area contributed by atoms with Crippen molar-refractivity contribution in [2.75, 3.05) is 0 Å². The smallest absolute Gasteiger partial charge is 0.314 e. The molecule has 3 fully saturated rings. The maximum Gasteiger partial charge on any atom is 0.314 e. The van der Waals surface area contributed by atoms with E-state index in [4.69, 9.17) is 4.74 Å². The normalized spacial score (nSPS) is 34.4. The minimum Gasteiger partial charge on any atom is -0.462 e. The Labute approximate surface area is 217 Å². The van der Waals surface area contributed by atoms with Crippen molar-refractivity contribution in [2.24, 2.45) is 22.7 Å². The lowest BCUT2D eigenvalue weighted by atomic mass is 9.62. The van der Waals surface area contributed by atoms with Crippen LogP contribution in [0.25, 0.3) is 0 Å². The van der Waals surface area contributed by atoms with Crippen molar-refractivity contribution in [3.8, 4) is 0 Å². The highest BCUT2D eigenvalue weighted by molar-refractivity contribution is 5.77. The van der Waals surface area contributed by atoms with Crippen LogP contribution in [0.5, 0.6) is 0 Å². The molecule has 36 heavy (non-hydrogen) atoms. The summed E-state index contributed by atoms with van der Waals surface area (Å²) in [5.41, 5.74) is 3.13. The summed E-state index contributed by atoms with van der Waals surface area (Å²) >= 11 is 0. The Bertz CT molecular complexity index is 952. The van der Waals surface area contributed by atoms with Crippen LogP contribution in [-0.4, -0.2) is 45.7 Å². The molecule has 5 nitrogen and oxygen atoms in total. The molecule has 0 saturated heterocycles. The molecule has 0 aromatic carbocycles. The maximum absolute atomic E-state index is 12.4. The fraction of sp³-hybridized carbons (Fsp3) is 0.645. The topological polar surface area (TPSA) is 87.0 Å². The highest BCUT2D eigenvalue weighted by Crippen LogP contribution is 2.59. The average molecular weight is 499 g/mol. The van der Waals surface area contributed by atoms with Crippen LogP contribution in [0.3, 0.4) is 0 Å². The summed E-state index contributed by atoms with van der Waals surface area (Å²) in [6.07, 6.45) is 11.8. The highest BCUT2D eigenvalue weighted by atomic mass is 16.5. The lowest BCUT2D eigenvalue weighted by Gasteiger charge is -2.42. The Morgan fingerprint density at radius 3 is 2.58 bits per heavy atom. The van der Waals surface area contributed by atoms with E-state index in [2.05, 4.69) is 32.2 Å². The Morgan fingerprint density at radius 2 is 1.92 bits per heavy atom. The van der Waals surface area contributed by atoms with Crippen molar-refractivity contribution in [2.45, 2.75) is 104 Å². The predicted octanol–water partition coefficient (Wildman–Crippen LogP) is 5.58. The Kier molecular flexibility index (Phi) is 8.91. The summed E-state index contributed by atoms with van der Waals surface area (Å²) in [4.78, 5) is 12.4. The number of allylic oxidation sites excluding steroid dienone is 5. The van der Waals surface area contributed by atoms with Crippen molar-refractivity contribution >= 4 is 5.97 Å². The van der Waals surface area contributed by atoms with E-state index in [0.717, 1.165) is 48.8 Å². The second kappa shape index (κ2) is 11.2. The molecule has 6 atom stereocenters. The second-order valence-corrected chi connectivity index (χ2v) is 12.2. The Hall–Kier alpha value is -1.95. The number of fused-ring (bicyclic) bond motifs is 1. The van der Waals surface area contributed by atoms with Crippen LogP contribution in [-0.2, 0) is 9.53 Å². The third-order valence-corrected chi connectivity index (χ3v) is 8.78. The number of aliphatic hydroxyl groups excluding tert-OH is 3. The molecule has 3 rings (SSSR count). The standard InChI is InChI=1S/C31H46O5/c1-19(2)36-29(35)30(5,6)28(34)15-10-20(3)25-13-14-26-22(9-8-16-31(25,26)7)11-12-23-17-24(32)18-27(33)21(23)4/h10-12,15,19,24-28,32-34H,3-4,8-9,13-14,16-18H2,1-2,5-7H3/b15-10+,22-11+,23-12-/t24-,25-,26+,27+,28+,31-/m1/s1. The zero-order valence-corrected chi connectivity index (χ0v) is 22.8. The minimum atomic E-state index is -1.04. The van der Waals surface area contributed by atoms with Crippen molar-refractivity contribution in [1.82, 2.24) is 0 Å². The molecule has 3 saturated carbocycles. The van der Waals surface area contributed by atoms with Gasteiger partial charge in [-0.2, -0.15) is 0 Å². The number of rotatable bonds is 7. The molecule has 3 aliphatic rings.